The third kappa shape index (κ3) is 2.16. The summed E-state index contributed by atoms with van der Waals surface area (Å²) in [5, 5.41) is 0. The maximum absolute atomic E-state index is 5.74. The van der Waals surface area contributed by atoms with E-state index >= 15 is 0 Å². The highest BCUT2D eigenvalue weighted by Crippen LogP contribution is 2.35. The van der Waals surface area contributed by atoms with Crippen LogP contribution in [0.5, 0.6) is 5.75 Å². The minimum Gasteiger partial charge on any atom is -0.496 e. The molecule has 0 atom stereocenters. The molecule has 0 aliphatic carbocycles. The van der Waals surface area contributed by atoms with Crippen molar-refractivity contribution in [2.75, 3.05) is 12.8 Å². The van der Waals surface area contributed by atoms with Crippen molar-refractivity contribution >= 4 is 5.69 Å². The number of nitrogens with zero attached hydrogens (tertiary/aromatic N) is 1. The van der Waals surface area contributed by atoms with Gasteiger partial charge < -0.3 is 10.5 Å². The van der Waals surface area contributed by atoms with Gasteiger partial charge in [0.2, 0.25) is 0 Å². The second-order valence-corrected chi connectivity index (χ2v) is 4.59. The highest BCUT2D eigenvalue weighted by atomic mass is 16.5. The van der Waals surface area contributed by atoms with E-state index in [1.807, 2.05) is 19.1 Å². The van der Waals surface area contributed by atoms with E-state index in [0.717, 1.165) is 28.1 Å². The molecule has 0 saturated heterocycles. The van der Waals surface area contributed by atoms with Crippen molar-refractivity contribution in [3.05, 3.63) is 41.1 Å². The number of methoxy groups -OCH3 is 1. The summed E-state index contributed by atoms with van der Waals surface area (Å²) in [5.41, 5.74) is 11.8. The third-order valence-corrected chi connectivity index (χ3v) is 3.00. The minimum atomic E-state index is 0.681. The zero-order valence-electron chi connectivity index (χ0n) is 11.2. The number of aromatic nitrogens is 1. The molecule has 18 heavy (non-hydrogen) atoms. The topological polar surface area (TPSA) is 48.1 Å². The summed E-state index contributed by atoms with van der Waals surface area (Å²) in [6, 6.07) is 6.09. The Morgan fingerprint density at radius 1 is 1.06 bits per heavy atom. The van der Waals surface area contributed by atoms with E-state index in [2.05, 4.69) is 24.9 Å². The van der Waals surface area contributed by atoms with E-state index in [1.54, 1.807) is 13.3 Å². The molecule has 0 aliphatic heterocycles. The molecule has 0 saturated carbocycles. The number of ether oxygens (including phenoxy) is 1. The number of nitrogens with two attached hydrogens (primary N) is 1. The average Bonchev–Trinajstić information content (AvgIpc) is 2.29. The van der Waals surface area contributed by atoms with Crippen LogP contribution in [0, 0.1) is 20.8 Å². The number of rotatable bonds is 2. The molecule has 0 radical (unpaired) electrons. The molecule has 0 amide bonds. The van der Waals surface area contributed by atoms with Crippen LogP contribution in [0.15, 0.2) is 24.4 Å². The molecule has 1 aromatic carbocycles. The van der Waals surface area contributed by atoms with Crippen LogP contribution < -0.4 is 10.5 Å². The van der Waals surface area contributed by atoms with Gasteiger partial charge in [0.1, 0.15) is 5.75 Å². The maximum atomic E-state index is 5.74. The van der Waals surface area contributed by atoms with Crippen LogP contribution in [-0.4, -0.2) is 12.1 Å². The number of aryl methyl sites for hydroxylation is 3. The fourth-order valence-electron chi connectivity index (χ4n) is 2.25. The van der Waals surface area contributed by atoms with Crippen LogP contribution >= 0.6 is 0 Å². The number of benzene rings is 1. The van der Waals surface area contributed by atoms with E-state index in [4.69, 9.17) is 10.5 Å². The van der Waals surface area contributed by atoms with Crippen molar-refractivity contribution in [3.63, 3.8) is 0 Å². The van der Waals surface area contributed by atoms with Crippen molar-refractivity contribution in [1.29, 1.82) is 0 Å². The molecule has 0 bridgehead atoms. The zero-order chi connectivity index (χ0) is 13.3. The molecule has 0 aliphatic rings. The Kier molecular flexibility index (Phi) is 3.24. The van der Waals surface area contributed by atoms with Crippen LogP contribution in [0.2, 0.25) is 0 Å². The van der Waals surface area contributed by atoms with E-state index in [0.29, 0.717) is 5.69 Å². The van der Waals surface area contributed by atoms with E-state index < -0.39 is 0 Å². The van der Waals surface area contributed by atoms with Gasteiger partial charge in [-0.1, -0.05) is 6.07 Å². The van der Waals surface area contributed by atoms with Gasteiger partial charge in [-0.25, -0.2) is 0 Å². The summed E-state index contributed by atoms with van der Waals surface area (Å²) >= 11 is 0. The van der Waals surface area contributed by atoms with Gasteiger partial charge in [-0.15, -0.1) is 0 Å². The summed E-state index contributed by atoms with van der Waals surface area (Å²) in [7, 11) is 1.68. The molecule has 3 nitrogen and oxygen atoms in total. The number of hydrogen-bond donors (Lipinski definition) is 1. The van der Waals surface area contributed by atoms with Crippen LogP contribution in [0.4, 0.5) is 5.69 Å². The van der Waals surface area contributed by atoms with E-state index in [1.165, 1.54) is 5.56 Å². The Morgan fingerprint density at radius 3 is 2.39 bits per heavy atom. The normalized spacial score (nSPS) is 10.4. The summed E-state index contributed by atoms with van der Waals surface area (Å²) in [6.45, 7) is 6.14. The summed E-state index contributed by atoms with van der Waals surface area (Å²) in [6.07, 6.45) is 1.68. The highest BCUT2D eigenvalue weighted by Gasteiger charge is 2.13. The Balaban J connectivity index is 2.70. The van der Waals surface area contributed by atoms with Crippen LogP contribution in [0.3, 0.4) is 0 Å². The van der Waals surface area contributed by atoms with E-state index in [9.17, 15) is 0 Å². The standard InChI is InChI=1S/C15H18N2O/c1-9-5-10(2)14(13(6-9)18-4)15-11(3)7-12(16)8-17-15/h5-8H,16H2,1-4H3. The summed E-state index contributed by atoms with van der Waals surface area (Å²) < 4.78 is 5.48. The first-order valence-electron chi connectivity index (χ1n) is 5.90. The molecule has 1 aromatic heterocycles. The highest BCUT2D eigenvalue weighted by molar-refractivity contribution is 5.74. The van der Waals surface area contributed by atoms with Crippen LogP contribution in [0.25, 0.3) is 11.3 Å². The zero-order valence-corrected chi connectivity index (χ0v) is 11.2. The second kappa shape index (κ2) is 4.69. The lowest BCUT2D eigenvalue weighted by molar-refractivity contribution is 0.415. The number of pyridine rings is 1. The first-order chi connectivity index (χ1) is 8.52. The Hall–Kier alpha value is -2.03. The van der Waals surface area contributed by atoms with Gasteiger partial charge in [-0.3, -0.25) is 4.98 Å². The molecule has 2 rings (SSSR count). The predicted molar refractivity (Wildman–Crippen MR) is 74.8 cm³/mol. The van der Waals surface area contributed by atoms with Gasteiger partial charge in [0, 0.05) is 5.56 Å². The Morgan fingerprint density at radius 2 is 1.78 bits per heavy atom. The van der Waals surface area contributed by atoms with Crippen molar-refractivity contribution in [2.24, 2.45) is 0 Å². The first-order valence-corrected chi connectivity index (χ1v) is 5.90. The molecule has 2 aromatic rings. The molecule has 2 N–H and O–H groups in total. The van der Waals surface area contributed by atoms with Gasteiger partial charge in [0.05, 0.1) is 24.7 Å². The minimum absolute atomic E-state index is 0.681. The fourth-order valence-corrected chi connectivity index (χ4v) is 2.25. The van der Waals surface area contributed by atoms with Crippen molar-refractivity contribution in [2.45, 2.75) is 20.8 Å². The van der Waals surface area contributed by atoms with Gasteiger partial charge in [-0.2, -0.15) is 0 Å². The monoisotopic (exact) mass is 242 g/mol. The van der Waals surface area contributed by atoms with Gasteiger partial charge in [0.15, 0.2) is 0 Å². The molecule has 94 valence electrons. The Bertz CT molecular complexity index is 591. The van der Waals surface area contributed by atoms with Crippen molar-refractivity contribution in [1.82, 2.24) is 4.98 Å². The number of nitrogen functional groups attached to an aromatic ring is 1. The van der Waals surface area contributed by atoms with Crippen LogP contribution in [-0.2, 0) is 0 Å². The molecular weight excluding hydrogens is 224 g/mol. The largest absolute Gasteiger partial charge is 0.496 e. The smallest absolute Gasteiger partial charge is 0.128 e. The predicted octanol–water partition coefficient (Wildman–Crippen LogP) is 3.26. The molecular formula is C15H18N2O. The molecule has 3 heteroatoms. The van der Waals surface area contributed by atoms with Crippen LogP contribution in [0.1, 0.15) is 16.7 Å². The van der Waals surface area contributed by atoms with E-state index in [-0.39, 0.29) is 0 Å². The molecule has 0 spiro atoms. The maximum Gasteiger partial charge on any atom is 0.128 e. The summed E-state index contributed by atoms with van der Waals surface area (Å²) in [4.78, 5) is 4.44. The fraction of sp³-hybridized carbons (Fsp3) is 0.267. The third-order valence-electron chi connectivity index (χ3n) is 3.00. The van der Waals surface area contributed by atoms with Gasteiger partial charge >= 0.3 is 0 Å². The van der Waals surface area contributed by atoms with Gasteiger partial charge in [0.25, 0.3) is 0 Å². The number of hydrogen-bond acceptors (Lipinski definition) is 3. The quantitative estimate of drug-likeness (QED) is 0.879. The van der Waals surface area contributed by atoms with Crippen molar-refractivity contribution in [3.8, 4) is 17.0 Å². The lowest BCUT2D eigenvalue weighted by Gasteiger charge is -2.14. The average molecular weight is 242 g/mol. The van der Waals surface area contributed by atoms with Crippen molar-refractivity contribution < 1.29 is 4.74 Å². The summed E-state index contributed by atoms with van der Waals surface area (Å²) in [5.74, 6) is 0.855. The second-order valence-electron chi connectivity index (χ2n) is 4.59. The lowest BCUT2D eigenvalue weighted by atomic mass is 9.98. The number of anilines is 1. The molecule has 0 fully saturated rings. The molecule has 0 unspecified atom stereocenters. The van der Waals surface area contributed by atoms with Gasteiger partial charge in [-0.05, 0) is 49.6 Å². The SMILES string of the molecule is COc1cc(C)cc(C)c1-c1ncc(N)cc1C. The first kappa shape index (κ1) is 12.4. The molecule has 1 heterocycles. The lowest BCUT2D eigenvalue weighted by Crippen LogP contribution is -1.98. The Labute approximate surface area is 108 Å².